The molecular weight excluding hydrogens is 336 g/mol. The van der Waals surface area contributed by atoms with E-state index < -0.39 is 0 Å². The number of hydrogen-bond donors (Lipinski definition) is 0. The lowest BCUT2D eigenvalue weighted by atomic mass is 9.67. The number of fused-ring (bicyclic) bond motifs is 1. The van der Waals surface area contributed by atoms with E-state index in [-0.39, 0.29) is 5.41 Å². The summed E-state index contributed by atoms with van der Waals surface area (Å²) in [4.78, 5) is 0. The molecule has 2 aliphatic rings. The summed E-state index contributed by atoms with van der Waals surface area (Å²) in [7, 11) is 0. The molecule has 0 unspecified atom stereocenters. The minimum Gasteiger partial charge on any atom is -0.0943 e. The molecule has 0 aromatic heterocycles. The smallest absolute Gasteiger partial charge is 0.0195 e. The third-order valence-corrected chi connectivity index (χ3v) is 7.55. The van der Waals surface area contributed by atoms with Gasteiger partial charge >= 0.3 is 0 Å². The molecule has 3 rings (SSSR count). The Bertz CT molecular complexity index is 650. The summed E-state index contributed by atoms with van der Waals surface area (Å²) in [5, 5.41) is 0. The fourth-order valence-corrected chi connectivity index (χ4v) is 6.11. The van der Waals surface area contributed by atoms with E-state index in [2.05, 4.69) is 44.2 Å². The number of unbranched alkanes of at least 4 members (excludes halogenated alkanes) is 6. The molecule has 1 saturated carbocycles. The first-order valence-corrected chi connectivity index (χ1v) is 12.2. The van der Waals surface area contributed by atoms with Gasteiger partial charge in [-0.2, -0.15) is 0 Å². The standard InChI is InChI=1S/C28H42/c1-4-6-8-11-18-25-22-26-19-15-21-28(26,27(25)20-14-9-7-5-2)23(3)24-16-12-10-13-17-24/h10,12-13,16-17,26H,3-9,11,14-15,18-22H2,1-2H3/t26-,28+/m1/s1. The Balaban J connectivity index is 1.86. The maximum Gasteiger partial charge on any atom is 0.0195 e. The number of benzene rings is 1. The predicted molar refractivity (Wildman–Crippen MR) is 124 cm³/mol. The summed E-state index contributed by atoms with van der Waals surface area (Å²) < 4.78 is 0. The molecule has 2 aliphatic carbocycles. The van der Waals surface area contributed by atoms with Crippen LogP contribution in [0.3, 0.4) is 0 Å². The van der Waals surface area contributed by atoms with E-state index in [1.165, 1.54) is 101 Å². The van der Waals surface area contributed by atoms with E-state index in [0.29, 0.717) is 0 Å². The molecule has 154 valence electrons. The van der Waals surface area contributed by atoms with E-state index >= 15 is 0 Å². The first-order valence-electron chi connectivity index (χ1n) is 12.2. The van der Waals surface area contributed by atoms with Gasteiger partial charge in [0.15, 0.2) is 0 Å². The van der Waals surface area contributed by atoms with Crippen molar-refractivity contribution in [2.75, 3.05) is 0 Å². The molecular formula is C28H42. The summed E-state index contributed by atoms with van der Waals surface area (Å²) in [5.41, 5.74) is 6.79. The summed E-state index contributed by atoms with van der Waals surface area (Å²) in [6.45, 7) is 9.38. The summed E-state index contributed by atoms with van der Waals surface area (Å²) in [6.07, 6.45) is 19.2. The minimum absolute atomic E-state index is 0.285. The van der Waals surface area contributed by atoms with Crippen LogP contribution in [0.2, 0.25) is 0 Å². The molecule has 1 aromatic carbocycles. The third kappa shape index (κ3) is 4.47. The average Bonchev–Trinajstić information content (AvgIpc) is 3.26. The fraction of sp³-hybridized carbons (Fsp3) is 0.643. The number of rotatable bonds is 12. The zero-order valence-corrected chi connectivity index (χ0v) is 18.6. The lowest BCUT2D eigenvalue weighted by Crippen LogP contribution is -2.25. The van der Waals surface area contributed by atoms with Gasteiger partial charge in [-0.15, -0.1) is 0 Å². The number of hydrogen-bond acceptors (Lipinski definition) is 0. The van der Waals surface area contributed by atoms with Crippen molar-refractivity contribution in [2.24, 2.45) is 11.3 Å². The van der Waals surface area contributed by atoms with Crippen molar-refractivity contribution in [3.63, 3.8) is 0 Å². The molecule has 1 aromatic rings. The summed E-state index contributed by atoms with van der Waals surface area (Å²) in [6, 6.07) is 11.1. The molecule has 0 amide bonds. The molecule has 0 N–H and O–H groups in total. The molecule has 0 aliphatic heterocycles. The predicted octanol–water partition coefficient (Wildman–Crippen LogP) is 9.13. The van der Waals surface area contributed by atoms with Crippen molar-refractivity contribution < 1.29 is 0 Å². The second kappa shape index (κ2) is 10.5. The maximum absolute atomic E-state index is 4.75. The van der Waals surface area contributed by atoms with E-state index in [1.54, 1.807) is 0 Å². The first kappa shape index (κ1) is 21.4. The van der Waals surface area contributed by atoms with Gasteiger partial charge in [-0.3, -0.25) is 0 Å². The van der Waals surface area contributed by atoms with Gasteiger partial charge in [0.25, 0.3) is 0 Å². The van der Waals surface area contributed by atoms with E-state index in [0.717, 1.165) is 5.92 Å². The fourth-order valence-electron chi connectivity index (χ4n) is 6.11. The minimum atomic E-state index is 0.285. The zero-order valence-electron chi connectivity index (χ0n) is 18.6. The van der Waals surface area contributed by atoms with Crippen molar-refractivity contribution in [1.29, 1.82) is 0 Å². The van der Waals surface area contributed by atoms with Gasteiger partial charge in [0.1, 0.15) is 0 Å². The van der Waals surface area contributed by atoms with E-state index in [4.69, 9.17) is 6.58 Å². The molecule has 1 fully saturated rings. The van der Waals surface area contributed by atoms with Crippen LogP contribution in [0.1, 0.15) is 109 Å². The quantitative estimate of drug-likeness (QED) is 0.251. The second-order valence-electron chi connectivity index (χ2n) is 9.31. The Hall–Kier alpha value is -1.30. The first-order chi connectivity index (χ1) is 13.7. The highest BCUT2D eigenvalue weighted by atomic mass is 14.6. The average molecular weight is 379 g/mol. The highest BCUT2D eigenvalue weighted by molar-refractivity contribution is 5.74. The van der Waals surface area contributed by atoms with E-state index in [9.17, 15) is 0 Å². The van der Waals surface area contributed by atoms with Crippen LogP contribution in [0.5, 0.6) is 0 Å². The van der Waals surface area contributed by atoms with Crippen LogP contribution < -0.4 is 0 Å². The van der Waals surface area contributed by atoms with Gasteiger partial charge < -0.3 is 0 Å². The van der Waals surface area contributed by atoms with Gasteiger partial charge in [0, 0.05) is 5.41 Å². The van der Waals surface area contributed by atoms with Crippen LogP contribution in [0, 0.1) is 11.3 Å². The van der Waals surface area contributed by atoms with Crippen LogP contribution in [0.15, 0.2) is 48.1 Å². The Morgan fingerprint density at radius 3 is 2.29 bits per heavy atom. The Morgan fingerprint density at radius 1 is 0.929 bits per heavy atom. The highest BCUT2D eigenvalue weighted by Crippen LogP contribution is 2.64. The van der Waals surface area contributed by atoms with Crippen LogP contribution in [-0.2, 0) is 0 Å². The van der Waals surface area contributed by atoms with Crippen molar-refractivity contribution in [2.45, 2.75) is 104 Å². The van der Waals surface area contributed by atoms with Crippen molar-refractivity contribution in [3.8, 4) is 0 Å². The van der Waals surface area contributed by atoms with Gasteiger partial charge in [0.05, 0.1) is 0 Å². The SMILES string of the molecule is C=C(c1ccccc1)[C@@]12CCC[C@@H]1CC(CCCCCC)=C2CCCCCC. The van der Waals surface area contributed by atoms with Crippen LogP contribution in [-0.4, -0.2) is 0 Å². The molecule has 28 heavy (non-hydrogen) atoms. The van der Waals surface area contributed by atoms with Gasteiger partial charge in [-0.1, -0.05) is 107 Å². The van der Waals surface area contributed by atoms with Crippen LogP contribution >= 0.6 is 0 Å². The molecule has 0 bridgehead atoms. The maximum atomic E-state index is 4.75. The van der Waals surface area contributed by atoms with E-state index in [1.807, 2.05) is 11.1 Å². The lowest BCUT2D eigenvalue weighted by Gasteiger charge is -2.36. The molecule has 0 spiro atoms. The zero-order chi connectivity index (χ0) is 19.8. The largest absolute Gasteiger partial charge is 0.0943 e. The van der Waals surface area contributed by atoms with Crippen molar-refractivity contribution in [3.05, 3.63) is 53.6 Å². The molecule has 0 heterocycles. The van der Waals surface area contributed by atoms with Gasteiger partial charge in [0.2, 0.25) is 0 Å². The van der Waals surface area contributed by atoms with Crippen molar-refractivity contribution >= 4 is 5.57 Å². The monoisotopic (exact) mass is 378 g/mol. The van der Waals surface area contributed by atoms with Crippen LogP contribution in [0.25, 0.3) is 5.57 Å². The molecule has 0 saturated heterocycles. The lowest BCUT2D eigenvalue weighted by molar-refractivity contribution is 0.368. The molecule has 0 nitrogen and oxygen atoms in total. The molecule has 0 heteroatoms. The van der Waals surface area contributed by atoms with Gasteiger partial charge in [-0.25, -0.2) is 0 Å². The molecule has 2 atom stereocenters. The topological polar surface area (TPSA) is 0 Å². The normalized spacial score (nSPS) is 24.0. The van der Waals surface area contributed by atoms with Gasteiger partial charge in [-0.05, 0) is 62.0 Å². The van der Waals surface area contributed by atoms with Crippen LogP contribution in [0.4, 0.5) is 0 Å². The van der Waals surface area contributed by atoms with Crippen molar-refractivity contribution in [1.82, 2.24) is 0 Å². The highest BCUT2D eigenvalue weighted by Gasteiger charge is 2.51. The Kier molecular flexibility index (Phi) is 8.00. The molecule has 0 radical (unpaired) electrons. The Labute approximate surface area is 174 Å². The summed E-state index contributed by atoms with van der Waals surface area (Å²) in [5.74, 6) is 0.822. The Morgan fingerprint density at radius 2 is 1.61 bits per heavy atom. The summed E-state index contributed by atoms with van der Waals surface area (Å²) >= 11 is 0. The second-order valence-corrected chi connectivity index (χ2v) is 9.31. The third-order valence-electron chi connectivity index (χ3n) is 7.55. The number of allylic oxidation sites excluding steroid dienone is 3.